The second-order valence-corrected chi connectivity index (χ2v) is 32.5. The average molecular weight is 1650 g/mol. The van der Waals surface area contributed by atoms with Gasteiger partial charge in [0.25, 0.3) is 0 Å². The maximum absolute atomic E-state index is 12.1. The molecule has 0 aliphatic carbocycles. The fourth-order valence-electron chi connectivity index (χ4n) is 15.0. The number of carbonyl (C=O) groups is 1. The van der Waals surface area contributed by atoms with Crippen molar-refractivity contribution >= 4 is 52.2 Å². The minimum atomic E-state index is -1.92. The van der Waals surface area contributed by atoms with Crippen molar-refractivity contribution in [3.05, 3.63) is 104 Å². The van der Waals surface area contributed by atoms with Crippen LogP contribution < -0.4 is 68.0 Å². The first-order valence-corrected chi connectivity index (χ1v) is 35.8. The highest BCUT2D eigenvalue weighted by Crippen LogP contribution is 2.58. The second kappa shape index (κ2) is 30.6. The van der Waals surface area contributed by atoms with Gasteiger partial charge in [0, 0.05) is 22.9 Å². The van der Waals surface area contributed by atoms with E-state index in [0.717, 1.165) is 42.0 Å². The van der Waals surface area contributed by atoms with Crippen LogP contribution in [0.4, 0.5) is 34.3 Å². The van der Waals surface area contributed by atoms with Gasteiger partial charge >= 0.3 is 28.8 Å². The molecular weight excluding hydrogens is 1530 g/mol. The molecule has 6 aromatic rings. The number of hydrogen-bond acceptors (Lipinski definition) is 41. The first-order valence-electron chi connectivity index (χ1n) is 35.8. The number of hydrazine groups is 1. The highest BCUT2D eigenvalue weighted by atomic mass is 16.6. The quantitative estimate of drug-likeness (QED) is 0.0424. The third-order valence-corrected chi connectivity index (χ3v) is 25.8. The summed E-state index contributed by atoms with van der Waals surface area (Å²) in [5.74, 6) is 4.83. The highest BCUT2D eigenvalue weighted by Gasteiger charge is 2.77. The minimum absolute atomic E-state index is 0.0332. The summed E-state index contributed by atoms with van der Waals surface area (Å²) in [7, 11) is 0. The third-order valence-electron chi connectivity index (χ3n) is 25.8. The summed E-state index contributed by atoms with van der Waals surface area (Å²) < 4.78 is 32.9. The number of urea groups is 1. The number of nitrogen functional groups attached to an aromatic ring is 5. The Bertz CT molecular complexity index is 4660. The number of hydrogen-bond donors (Lipinski definition) is 22. The first-order chi connectivity index (χ1) is 52.7. The molecule has 20 unspecified atom stereocenters. The molecule has 0 spiro atoms. The average Bonchev–Trinajstić information content (AvgIpc) is 1.54. The van der Waals surface area contributed by atoms with Crippen LogP contribution in [-0.4, -0.2) is 276 Å². The van der Waals surface area contributed by atoms with Crippen molar-refractivity contribution in [1.82, 2.24) is 73.6 Å². The highest BCUT2D eigenvalue weighted by molar-refractivity contribution is 5.97. The molecule has 28 N–H and O–H groups in total. The van der Waals surface area contributed by atoms with Gasteiger partial charge in [0.1, 0.15) is 104 Å². The smallest absolute Gasteiger partial charge is 0.354 e. The molecule has 1 aromatic carbocycles. The Morgan fingerprint density at radius 1 is 0.457 bits per heavy atom. The Labute approximate surface area is 663 Å². The normalized spacial score (nSPS) is 40.1. The van der Waals surface area contributed by atoms with Crippen LogP contribution in [-0.2, 0) is 46.6 Å². The van der Waals surface area contributed by atoms with Gasteiger partial charge in [0.2, 0.25) is 17.8 Å². The van der Waals surface area contributed by atoms with Crippen molar-refractivity contribution in [1.29, 1.82) is 0 Å². The molecule has 20 atom stereocenters. The fraction of sp³-hybridized carbons (Fsp3) is 0.667. The molecule has 116 heavy (non-hydrogen) atoms. The van der Waals surface area contributed by atoms with Crippen LogP contribution >= 0.6 is 0 Å². The second-order valence-electron chi connectivity index (χ2n) is 32.5. The Hall–Kier alpha value is -9.19. The molecule has 6 aliphatic heterocycles. The lowest BCUT2D eigenvalue weighted by atomic mass is 9.73. The molecule has 0 bridgehead atoms. The molecule has 0 saturated carbocycles. The van der Waals surface area contributed by atoms with Crippen molar-refractivity contribution < 1.29 is 100.0 Å². The van der Waals surface area contributed by atoms with Gasteiger partial charge in [-0.3, -0.25) is 19.4 Å². The zero-order valence-electron chi connectivity index (χ0n) is 68.1. The molecule has 2 amide bonds. The van der Waals surface area contributed by atoms with Crippen molar-refractivity contribution in [2.75, 3.05) is 68.1 Å². The van der Waals surface area contributed by atoms with Crippen LogP contribution in [0.1, 0.15) is 138 Å². The molecule has 5 fully saturated rings. The van der Waals surface area contributed by atoms with Gasteiger partial charge in [-0.15, -0.1) is 5.10 Å². The summed E-state index contributed by atoms with van der Waals surface area (Å²) >= 11 is 0. The van der Waals surface area contributed by atoms with Crippen LogP contribution in [0.25, 0.3) is 10.8 Å². The predicted molar refractivity (Wildman–Crippen MR) is 410 cm³/mol. The number of aliphatic hydroxyl groups excluding tert-OH is 5. The number of carbonyl (C=O) groups excluding carboxylic acids is 1. The van der Waals surface area contributed by atoms with E-state index in [4.69, 9.17) is 58.2 Å². The number of aliphatic hydroxyl groups is 14. The molecule has 6 aliphatic rings. The van der Waals surface area contributed by atoms with Crippen LogP contribution in [0.15, 0.2) is 85.9 Å². The number of rotatable bonds is 11. The number of benzene rings is 1. The molecule has 11 heterocycles. The van der Waals surface area contributed by atoms with E-state index in [0.29, 0.717) is 5.82 Å². The van der Waals surface area contributed by atoms with E-state index < -0.39 is 168 Å². The molecule has 47 nitrogen and oxygen atoms in total. The molecule has 646 valence electrons. The van der Waals surface area contributed by atoms with E-state index in [1.165, 1.54) is 134 Å². The number of nitrogens with one attached hydrogen (secondary N) is 2. The lowest BCUT2D eigenvalue weighted by Gasteiger charge is -2.46. The minimum Gasteiger partial charge on any atom is -0.393 e. The number of amides is 2. The Morgan fingerprint density at radius 2 is 0.802 bits per heavy atom. The predicted octanol–water partition coefficient (Wildman–Crippen LogP) is -6.61. The SMILES string of the molecule is CC1(CO)OC(C)(N2CN=C(N)NC2=O)C(C)(O)C1(C)O.CC1(CO)OC(C)(n2ccc(N)nc2=O)C(C)(O)C1(C)O.CC1(CO)OC(C)(n2cnc(N)nc2=O)C(C)(O)C1(C)O.CC1(CO)OC(C)(n2cnc(N)nc2=O)C(C)(O)C1(C)O.CC1C(C)(n2cnc(N)nc2=O)OC(C)(CO)C1(C)O.NNc1nncc2ccccc12. The number of anilines is 5. The number of aliphatic imine (C=N–C) groups is 1. The number of guanidine groups is 1. The lowest BCUT2D eigenvalue weighted by molar-refractivity contribution is -0.209. The summed E-state index contributed by atoms with van der Waals surface area (Å²) in [4.78, 5) is 90.6. The molecule has 0 radical (unpaired) electrons. The Morgan fingerprint density at radius 3 is 1.14 bits per heavy atom. The Balaban J connectivity index is 0.000000194. The lowest BCUT2D eigenvalue weighted by Crippen LogP contribution is -2.70. The van der Waals surface area contributed by atoms with Crippen LogP contribution in [0.2, 0.25) is 0 Å². The maximum atomic E-state index is 12.1. The number of nitrogens with two attached hydrogens (primary N) is 6. The van der Waals surface area contributed by atoms with Crippen LogP contribution in [0, 0.1) is 5.92 Å². The summed E-state index contributed by atoms with van der Waals surface area (Å²) in [6.07, 6.45) is 6.44. The van der Waals surface area contributed by atoms with Crippen molar-refractivity contribution in [2.45, 2.75) is 246 Å². The first kappa shape index (κ1) is 94.0. The van der Waals surface area contributed by atoms with Gasteiger partial charge in [0.15, 0.2) is 40.4 Å². The number of ether oxygens (including phenoxy) is 5. The van der Waals surface area contributed by atoms with Crippen molar-refractivity contribution in [2.24, 2.45) is 22.5 Å². The third kappa shape index (κ3) is 14.1. The maximum Gasteiger partial charge on any atom is 0.354 e. The summed E-state index contributed by atoms with van der Waals surface area (Å²) in [6, 6.07) is 8.57. The van der Waals surface area contributed by atoms with Gasteiger partial charge < -0.3 is 129 Å². The van der Waals surface area contributed by atoms with E-state index in [-0.39, 0.29) is 42.9 Å². The van der Waals surface area contributed by atoms with Crippen LogP contribution in [0.5, 0.6) is 0 Å². The molecular formula is C69H111N23O24. The van der Waals surface area contributed by atoms with Crippen molar-refractivity contribution in [3.63, 3.8) is 0 Å². The van der Waals surface area contributed by atoms with E-state index >= 15 is 0 Å². The topological polar surface area (TPSA) is 746 Å². The van der Waals surface area contributed by atoms with Gasteiger partial charge in [-0.05, 0) is 138 Å². The summed E-state index contributed by atoms with van der Waals surface area (Å²) in [5, 5.41) is 156. The van der Waals surface area contributed by atoms with E-state index in [1.807, 2.05) is 24.3 Å². The number of aromatic nitrogens is 13. The molecule has 12 rings (SSSR count). The van der Waals surface area contributed by atoms with Gasteiger partial charge in [-0.1, -0.05) is 31.2 Å². The summed E-state index contributed by atoms with van der Waals surface area (Å²) in [6.45, 7) is 26.1. The Kier molecular flexibility index (Phi) is 24.8. The standard InChI is InChI=1S/C13H21N3O5.C12H22N4O5.2C12H20N4O5.C12H20N4O4.C8H8N4/c1-10(7-17)11(2,19)12(3,20)13(4,21-10)16-6-5-8(14)15-9(16)18;3*1-9(5-17)10(2,19)11(3,20)12(4,21-9)16-6-14-7(13)15-8(16)18;1-7-11(3,19)10(2,5-17)20-12(7,4)16-6-14-8(13)15-9(16)18;9-11-8-7-4-2-1-3-6(7)5-10-12-8/h5-6,17,19-20H,7H2,1-4H3,(H2,14,15,18);17,19-20H,5-6H2,1-4H3,(H3,13,14,15,18);2*6,17,19-20H,5H2,1-4H3,(H2,13,15,18);6-7,17,19H,5H2,1-4H3,(H2,13,15,18);1-5H,9H2,(H,11,12). The number of fused-ring (bicyclic) bond motifs is 1. The number of nitrogens with zero attached hydrogens (tertiary/aromatic N) is 15. The largest absolute Gasteiger partial charge is 0.393 e. The fourth-order valence-corrected chi connectivity index (χ4v) is 15.0. The zero-order valence-corrected chi connectivity index (χ0v) is 68.1. The molecule has 5 saturated heterocycles. The monoisotopic (exact) mass is 1650 g/mol. The van der Waals surface area contributed by atoms with E-state index in [1.54, 1.807) is 33.9 Å². The summed E-state index contributed by atoms with van der Waals surface area (Å²) in [5.41, 5.74) is -4.65. The zero-order chi connectivity index (χ0) is 88.8. The van der Waals surface area contributed by atoms with Crippen LogP contribution in [0.3, 0.4) is 0 Å². The molecule has 5 aromatic heterocycles. The van der Waals surface area contributed by atoms with E-state index in [2.05, 4.69) is 60.8 Å². The van der Waals surface area contributed by atoms with Gasteiger partial charge in [0.05, 0.1) is 44.8 Å². The molecule has 47 heteroatoms. The van der Waals surface area contributed by atoms with Gasteiger partial charge in [-0.2, -0.15) is 25.0 Å². The van der Waals surface area contributed by atoms with Gasteiger partial charge in [-0.25, -0.2) is 58.9 Å². The van der Waals surface area contributed by atoms with E-state index in [9.17, 15) is 95.5 Å². The van der Waals surface area contributed by atoms with Crippen molar-refractivity contribution in [3.8, 4) is 0 Å².